The smallest absolute Gasteiger partial charge is 0.496 e. The molecule has 0 saturated carbocycles. The normalized spacial score (nSPS) is 14.3. The van der Waals surface area contributed by atoms with Crippen molar-refractivity contribution in [3.63, 3.8) is 0 Å². The minimum atomic E-state index is -3.68. The lowest BCUT2D eigenvalue weighted by atomic mass is 10.1. The fourth-order valence-electron chi connectivity index (χ4n) is 2.45. The van der Waals surface area contributed by atoms with Crippen molar-refractivity contribution in [3.05, 3.63) is 47.5 Å². The predicted molar refractivity (Wildman–Crippen MR) is 82.7 cm³/mol. The van der Waals surface area contributed by atoms with Crippen molar-refractivity contribution in [3.8, 4) is 17.2 Å². The maximum absolute atomic E-state index is 13.0. The molecule has 0 aliphatic carbocycles. The molecule has 0 atom stereocenters. The molecule has 2 aromatic rings. The molecule has 2 aromatic carbocycles. The topological polar surface area (TPSA) is 56.8 Å². The van der Waals surface area contributed by atoms with Gasteiger partial charge in [-0.2, -0.15) is 0 Å². The first-order chi connectivity index (χ1) is 11.4. The lowest BCUT2D eigenvalue weighted by Crippen LogP contribution is -2.25. The van der Waals surface area contributed by atoms with Gasteiger partial charge < -0.3 is 19.5 Å². The van der Waals surface area contributed by atoms with Crippen LogP contribution in [0.4, 0.5) is 14.5 Å². The van der Waals surface area contributed by atoms with Crippen LogP contribution in [-0.2, 0) is 11.2 Å². The fourth-order valence-corrected chi connectivity index (χ4v) is 2.45. The first-order valence-electron chi connectivity index (χ1n) is 7.19. The standard InChI is InChI=1S/C17H15F2NO4/c1-10-3-5-13(22-2)11(7-10)8-16(21)20-12-4-6-14-15(9-12)24-17(18,19)23-14/h3-7,9H,8H2,1-2H3,(H,20,21). The van der Waals surface area contributed by atoms with E-state index in [1.807, 2.05) is 19.1 Å². The first-order valence-corrected chi connectivity index (χ1v) is 7.19. The number of amides is 1. The molecule has 126 valence electrons. The minimum absolute atomic E-state index is 0.0710. The highest BCUT2D eigenvalue weighted by atomic mass is 19.3. The maximum atomic E-state index is 13.0. The van der Waals surface area contributed by atoms with E-state index in [1.165, 1.54) is 25.3 Å². The largest absolute Gasteiger partial charge is 0.586 e. The molecule has 24 heavy (non-hydrogen) atoms. The number of hydrogen-bond donors (Lipinski definition) is 1. The summed E-state index contributed by atoms with van der Waals surface area (Å²) in [6.07, 6.45) is -3.59. The van der Waals surface area contributed by atoms with Crippen LogP contribution in [0.15, 0.2) is 36.4 Å². The molecular formula is C17H15F2NO4. The Labute approximate surface area is 137 Å². The number of carbonyl (C=O) groups excluding carboxylic acids is 1. The molecule has 7 heteroatoms. The highest BCUT2D eigenvalue weighted by Gasteiger charge is 2.43. The number of halogens is 2. The Balaban J connectivity index is 1.72. The lowest BCUT2D eigenvalue weighted by molar-refractivity contribution is -0.286. The maximum Gasteiger partial charge on any atom is 0.586 e. The summed E-state index contributed by atoms with van der Waals surface area (Å²) < 4.78 is 39.9. The van der Waals surface area contributed by atoms with Gasteiger partial charge in [-0.15, -0.1) is 8.78 Å². The summed E-state index contributed by atoms with van der Waals surface area (Å²) in [5, 5.41) is 2.64. The summed E-state index contributed by atoms with van der Waals surface area (Å²) in [5.74, 6) is 0.120. The average molecular weight is 335 g/mol. The highest BCUT2D eigenvalue weighted by molar-refractivity contribution is 5.93. The van der Waals surface area contributed by atoms with Crippen LogP contribution in [0.25, 0.3) is 0 Å². The number of nitrogens with one attached hydrogen (secondary N) is 1. The number of anilines is 1. The van der Waals surface area contributed by atoms with Gasteiger partial charge in [-0.1, -0.05) is 17.7 Å². The summed E-state index contributed by atoms with van der Waals surface area (Å²) in [5.41, 5.74) is 2.08. The third kappa shape index (κ3) is 3.40. The number of hydrogen-bond acceptors (Lipinski definition) is 4. The number of aryl methyl sites for hydroxylation is 1. The number of alkyl halides is 2. The molecule has 0 radical (unpaired) electrons. The third-order valence-electron chi connectivity index (χ3n) is 3.47. The molecule has 1 heterocycles. The molecule has 1 aliphatic heterocycles. The van der Waals surface area contributed by atoms with E-state index in [2.05, 4.69) is 14.8 Å². The molecule has 5 nitrogen and oxygen atoms in total. The van der Waals surface area contributed by atoms with E-state index in [0.29, 0.717) is 11.4 Å². The molecule has 3 rings (SSSR count). The molecule has 1 N–H and O–H groups in total. The van der Waals surface area contributed by atoms with Crippen molar-refractivity contribution in [2.45, 2.75) is 19.6 Å². The molecule has 0 bridgehead atoms. The average Bonchev–Trinajstić information content (AvgIpc) is 2.80. The van der Waals surface area contributed by atoms with Gasteiger partial charge in [-0.05, 0) is 25.1 Å². The number of benzene rings is 2. The molecule has 0 saturated heterocycles. The van der Waals surface area contributed by atoms with Gasteiger partial charge in [0.2, 0.25) is 5.91 Å². The van der Waals surface area contributed by atoms with Gasteiger partial charge in [0.15, 0.2) is 11.5 Å². The molecule has 0 aromatic heterocycles. The van der Waals surface area contributed by atoms with Gasteiger partial charge in [0, 0.05) is 17.3 Å². The Hall–Kier alpha value is -2.83. The lowest BCUT2D eigenvalue weighted by Gasteiger charge is -2.10. The van der Waals surface area contributed by atoms with Crippen LogP contribution in [-0.4, -0.2) is 19.3 Å². The van der Waals surface area contributed by atoms with Crippen molar-refractivity contribution in [1.82, 2.24) is 0 Å². The van der Waals surface area contributed by atoms with Crippen molar-refractivity contribution in [2.75, 3.05) is 12.4 Å². The van der Waals surface area contributed by atoms with E-state index in [0.717, 1.165) is 11.1 Å². The number of carbonyl (C=O) groups is 1. The zero-order valence-electron chi connectivity index (χ0n) is 13.1. The van der Waals surface area contributed by atoms with Gasteiger partial charge in [0.05, 0.1) is 13.5 Å². The van der Waals surface area contributed by atoms with E-state index in [1.54, 1.807) is 6.07 Å². The van der Waals surface area contributed by atoms with Crippen LogP contribution < -0.4 is 19.5 Å². The van der Waals surface area contributed by atoms with Crippen LogP contribution in [0.3, 0.4) is 0 Å². The van der Waals surface area contributed by atoms with Crippen LogP contribution >= 0.6 is 0 Å². The summed E-state index contributed by atoms with van der Waals surface area (Å²) in [6.45, 7) is 1.92. The second-order valence-corrected chi connectivity index (χ2v) is 5.37. The number of methoxy groups -OCH3 is 1. The van der Waals surface area contributed by atoms with Crippen molar-refractivity contribution >= 4 is 11.6 Å². The molecule has 1 amide bonds. The summed E-state index contributed by atoms with van der Waals surface area (Å²) in [4.78, 5) is 12.2. The zero-order chi connectivity index (χ0) is 17.3. The van der Waals surface area contributed by atoms with Gasteiger partial charge in [0.1, 0.15) is 5.75 Å². The number of fused-ring (bicyclic) bond motifs is 1. The Kier molecular flexibility index (Phi) is 4.01. The van der Waals surface area contributed by atoms with Crippen LogP contribution in [0.5, 0.6) is 17.2 Å². The Bertz CT molecular complexity index is 792. The Morgan fingerprint density at radius 2 is 1.92 bits per heavy atom. The third-order valence-corrected chi connectivity index (χ3v) is 3.47. The zero-order valence-corrected chi connectivity index (χ0v) is 13.1. The van der Waals surface area contributed by atoms with Crippen molar-refractivity contribution in [2.24, 2.45) is 0 Å². The SMILES string of the molecule is COc1ccc(C)cc1CC(=O)Nc1ccc2c(c1)OC(F)(F)O2. The van der Waals surface area contributed by atoms with E-state index < -0.39 is 6.29 Å². The van der Waals surface area contributed by atoms with Crippen LogP contribution in [0, 0.1) is 6.92 Å². The van der Waals surface area contributed by atoms with E-state index >= 15 is 0 Å². The van der Waals surface area contributed by atoms with Crippen LogP contribution in [0.2, 0.25) is 0 Å². The quantitative estimate of drug-likeness (QED) is 0.929. The minimum Gasteiger partial charge on any atom is -0.496 e. The van der Waals surface area contributed by atoms with Crippen molar-refractivity contribution in [1.29, 1.82) is 0 Å². The second kappa shape index (κ2) is 5.99. The number of rotatable bonds is 4. The van der Waals surface area contributed by atoms with Gasteiger partial charge in [-0.3, -0.25) is 4.79 Å². The van der Waals surface area contributed by atoms with Crippen molar-refractivity contribution < 1.29 is 27.8 Å². The van der Waals surface area contributed by atoms with E-state index in [9.17, 15) is 13.6 Å². The first kappa shape index (κ1) is 16.0. The number of ether oxygens (including phenoxy) is 3. The summed E-state index contributed by atoms with van der Waals surface area (Å²) in [6, 6.07) is 9.62. The van der Waals surface area contributed by atoms with Gasteiger partial charge in [0.25, 0.3) is 0 Å². The fraction of sp³-hybridized carbons (Fsp3) is 0.235. The van der Waals surface area contributed by atoms with Gasteiger partial charge >= 0.3 is 6.29 Å². The highest BCUT2D eigenvalue weighted by Crippen LogP contribution is 2.42. The molecule has 0 fully saturated rings. The summed E-state index contributed by atoms with van der Waals surface area (Å²) in [7, 11) is 1.53. The van der Waals surface area contributed by atoms with E-state index in [4.69, 9.17) is 4.74 Å². The van der Waals surface area contributed by atoms with Gasteiger partial charge in [-0.25, -0.2) is 0 Å². The molecular weight excluding hydrogens is 320 g/mol. The Morgan fingerprint density at radius 1 is 1.17 bits per heavy atom. The molecule has 1 aliphatic rings. The Morgan fingerprint density at radius 3 is 2.67 bits per heavy atom. The van der Waals surface area contributed by atoms with Crippen LogP contribution in [0.1, 0.15) is 11.1 Å². The van der Waals surface area contributed by atoms with E-state index in [-0.39, 0.29) is 23.8 Å². The molecule has 0 unspecified atom stereocenters. The second-order valence-electron chi connectivity index (χ2n) is 5.37. The predicted octanol–water partition coefficient (Wildman–Crippen LogP) is 3.51. The monoisotopic (exact) mass is 335 g/mol. The summed E-state index contributed by atoms with van der Waals surface area (Å²) >= 11 is 0. The molecule has 0 spiro atoms.